The van der Waals surface area contributed by atoms with Crippen LogP contribution in [0.3, 0.4) is 0 Å². The van der Waals surface area contributed by atoms with E-state index in [4.69, 9.17) is 21.1 Å². The van der Waals surface area contributed by atoms with Gasteiger partial charge in [-0.3, -0.25) is 9.69 Å². The Morgan fingerprint density at radius 2 is 1.83 bits per heavy atom. The van der Waals surface area contributed by atoms with E-state index < -0.39 is 0 Å². The molecule has 128 valence electrons. The van der Waals surface area contributed by atoms with Crippen molar-refractivity contribution in [2.45, 2.75) is 6.54 Å². The minimum Gasteiger partial charge on any atom is -0.497 e. The van der Waals surface area contributed by atoms with Gasteiger partial charge < -0.3 is 14.8 Å². The zero-order valence-electron chi connectivity index (χ0n) is 14.0. The Balaban J connectivity index is 1.96. The molecule has 5 nitrogen and oxygen atoms in total. The van der Waals surface area contributed by atoms with Crippen molar-refractivity contribution in [1.82, 2.24) is 4.90 Å². The summed E-state index contributed by atoms with van der Waals surface area (Å²) in [5, 5.41) is 3.55. The van der Waals surface area contributed by atoms with Gasteiger partial charge in [0.1, 0.15) is 11.5 Å². The molecule has 0 saturated carbocycles. The predicted molar refractivity (Wildman–Crippen MR) is 96.0 cm³/mol. The number of nitrogens with zero attached hydrogens (tertiary/aromatic N) is 1. The minimum atomic E-state index is -0.127. The molecule has 0 aromatic heterocycles. The molecule has 1 N–H and O–H groups in total. The standard InChI is InChI=1S/C18H21ClN2O3/c1-21(11-13-4-6-14(19)7-5-13)12-18(22)20-16-10-15(23-2)8-9-17(16)24-3/h4-10H,11-12H2,1-3H3,(H,20,22). The molecular formula is C18H21ClN2O3. The summed E-state index contributed by atoms with van der Waals surface area (Å²) in [6, 6.07) is 12.8. The van der Waals surface area contributed by atoms with Gasteiger partial charge in [-0.15, -0.1) is 0 Å². The molecule has 2 aromatic rings. The molecule has 2 rings (SSSR count). The van der Waals surface area contributed by atoms with E-state index in [1.807, 2.05) is 36.2 Å². The summed E-state index contributed by atoms with van der Waals surface area (Å²) in [6.07, 6.45) is 0. The Kier molecular flexibility index (Phi) is 6.46. The number of amides is 1. The number of carbonyl (C=O) groups excluding carboxylic acids is 1. The van der Waals surface area contributed by atoms with E-state index >= 15 is 0 Å². The number of anilines is 1. The van der Waals surface area contributed by atoms with Crippen LogP contribution in [0.15, 0.2) is 42.5 Å². The number of benzene rings is 2. The van der Waals surface area contributed by atoms with Crippen LogP contribution in [0.5, 0.6) is 11.5 Å². The summed E-state index contributed by atoms with van der Waals surface area (Å²) < 4.78 is 10.4. The van der Waals surface area contributed by atoms with Crippen LogP contribution in [-0.2, 0) is 11.3 Å². The Labute approximate surface area is 147 Å². The molecule has 0 unspecified atom stereocenters. The predicted octanol–water partition coefficient (Wildman–Crippen LogP) is 3.43. The summed E-state index contributed by atoms with van der Waals surface area (Å²) in [7, 11) is 5.02. The maximum atomic E-state index is 12.3. The fourth-order valence-corrected chi connectivity index (χ4v) is 2.43. The highest BCUT2D eigenvalue weighted by atomic mass is 35.5. The smallest absolute Gasteiger partial charge is 0.238 e. The number of likely N-dealkylation sites (N-methyl/N-ethyl adjacent to an activating group) is 1. The van der Waals surface area contributed by atoms with Gasteiger partial charge in [0.2, 0.25) is 5.91 Å². The van der Waals surface area contributed by atoms with E-state index in [2.05, 4.69) is 5.32 Å². The van der Waals surface area contributed by atoms with E-state index in [9.17, 15) is 4.79 Å². The Morgan fingerprint density at radius 1 is 1.12 bits per heavy atom. The van der Waals surface area contributed by atoms with Crippen molar-refractivity contribution in [3.05, 3.63) is 53.1 Å². The van der Waals surface area contributed by atoms with Crippen LogP contribution in [0.4, 0.5) is 5.69 Å². The summed E-state index contributed by atoms with van der Waals surface area (Å²) >= 11 is 5.88. The lowest BCUT2D eigenvalue weighted by Gasteiger charge is -2.17. The van der Waals surface area contributed by atoms with Gasteiger partial charge in [-0.2, -0.15) is 0 Å². The van der Waals surface area contributed by atoms with Crippen molar-refractivity contribution in [3.8, 4) is 11.5 Å². The zero-order valence-corrected chi connectivity index (χ0v) is 14.8. The number of rotatable bonds is 7. The number of carbonyl (C=O) groups is 1. The zero-order chi connectivity index (χ0) is 17.5. The molecule has 0 aliphatic rings. The van der Waals surface area contributed by atoms with E-state index in [1.54, 1.807) is 32.4 Å². The van der Waals surface area contributed by atoms with Crippen molar-refractivity contribution in [3.63, 3.8) is 0 Å². The topological polar surface area (TPSA) is 50.8 Å². The molecule has 2 aromatic carbocycles. The van der Waals surface area contributed by atoms with E-state index in [1.165, 1.54) is 0 Å². The van der Waals surface area contributed by atoms with Gasteiger partial charge in [0.15, 0.2) is 0 Å². The first-order chi connectivity index (χ1) is 11.5. The van der Waals surface area contributed by atoms with Crippen LogP contribution in [0.25, 0.3) is 0 Å². The molecule has 0 heterocycles. The number of hydrogen-bond donors (Lipinski definition) is 1. The van der Waals surface area contributed by atoms with Crippen molar-refractivity contribution in [2.24, 2.45) is 0 Å². The third-order valence-corrected chi connectivity index (χ3v) is 3.71. The van der Waals surface area contributed by atoms with Gasteiger partial charge in [-0.25, -0.2) is 0 Å². The van der Waals surface area contributed by atoms with Crippen LogP contribution >= 0.6 is 11.6 Å². The Hall–Kier alpha value is -2.24. The van der Waals surface area contributed by atoms with Crippen LogP contribution in [0.2, 0.25) is 5.02 Å². The second-order valence-electron chi connectivity index (χ2n) is 5.41. The summed E-state index contributed by atoms with van der Waals surface area (Å²) in [6.45, 7) is 0.906. The SMILES string of the molecule is COc1ccc(OC)c(NC(=O)CN(C)Cc2ccc(Cl)cc2)c1. The molecule has 0 fully saturated rings. The fraction of sp³-hybridized carbons (Fsp3) is 0.278. The second kappa shape index (κ2) is 8.57. The largest absolute Gasteiger partial charge is 0.497 e. The van der Waals surface area contributed by atoms with Gasteiger partial charge in [0.25, 0.3) is 0 Å². The lowest BCUT2D eigenvalue weighted by atomic mass is 10.2. The van der Waals surface area contributed by atoms with Gasteiger partial charge in [0, 0.05) is 17.6 Å². The average molecular weight is 349 g/mol. The molecule has 0 bridgehead atoms. The van der Waals surface area contributed by atoms with E-state index in [-0.39, 0.29) is 12.5 Å². The van der Waals surface area contributed by atoms with Crippen molar-refractivity contribution >= 4 is 23.2 Å². The number of ether oxygens (including phenoxy) is 2. The highest BCUT2D eigenvalue weighted by Gasteiger charge is 2.11. The summed E-state index contributed by atoms with van der Waals surface area (Å²) in [5.41, 5.74) is 1.68. The number of halogens is 1. The summed E-state index contributed by atoms with van der Waals surface area (Å²) in [5.74, 6) is 1.11. The first-order valence-corrected chi connectivity index (χ1v) is 7.84. The Bertz CT molecular complexity index is 689. The van der Waals surface area contributed by atoms with E-state index in [0.717, 1.165) is 5.56 Å². The van der Waals surface area contributed by atoms with Gasteiger partial charge in [0.05, 0.1) is 26.5 Å². The van der Waals surface area contributed by atoms with Crippen molar-refractivity contribution < 1.29 is 14.3 Å². The minimum absolute atomic E-state index is 0.127. The molecule has 0 radical (unpaired) electrons. The first kappa shape index (κ1) is 18.1. The van der Waals surface area contributed by atoms with Crippen molar-refractivity contribution in [2.75, 3.05) is 33.1 Å². The molecule has 6 heteroatoms. The maximum absolute atomic E-state index is 12.3. The molecule has 0 saturated heterocycles. The van der Waals surface area contributed by atoms with Crippen LogP contribution in [0, 0.1) is 0 Å². The lowest BCUT2D eigenvalue weighted by Crippen LogP contribution is -2.29. The van der Waals surface area contributed by atoms with Crippen molar-refractivity contribution in [1.29, 1.82) is 0 Å². The molecule has 0 atom stereocenters. The monoisotopic (exact) mass is 348 g/mol. The third kappa shape index (κ3) is 5.15. The molecule has 1 amide bonds. The highest BCUT2D eigenvalue weighted by Crippen LogP contribution is 2.28. The summed E-state index contributed by atoms with van der Waals surface area (Å²) in [4.78, 5) is 14.2. The normalized spacial score (nSPS) is 10.5. The fourth-order valence-electron chi connectivity index (χ4n) is 2.30. The third-order valence-electron chi connectivity index (χ3n) is 3.46. The van der Waals surface area contributed by atoms with Gasteiger partial charge in [-0.1, -0.05) is 23.7 Å². The number of nitrogens with one attached hydrogen (secondary N) is 1. The number of methoxy groups -OCH3 is 2. The molecule has 0 aliphatic heterocycles. The van der Waals surface area contributed by atoms with E-state index in [0.29, 0.717) is 28.8 Å². The maximum Gasteiger partial charge on any atom is 0.238 e. The Morgan fingerprint density at radius 3 is 2.46 bits per heavy atom. The molecular weight excluding hydrogens is 328 g/mol. The average Bonchev–Trinajstić information content (AvgIpc) is 2.56. The first-order valence-electron chi connectivity index (χ1n) is 7.46. The quantitative estimate of drug-likeness (QED) is 0.833. The molecule has 0 spiro atoms. The second-order valence-corrected chi connectivity index (χ2v) is 5.85. The van der Waals surface area contributed by atoms with Crippen LogP contribution in [-0.4, -0.2) is 38.6 Å². The van der Waals surface area contributed by atoms with Gasteiger partial charge in [-0.05, 0) is 36.9 Å². The highest BCUT2D eigenvalue weighted by molar-refractivity contribution is 6.30. The van der Waals surface area contributed by atoms with Gasteiger partial charge >= 0.3 is 0 Å². The van der Waals surface area contributed by atoms with Crippen LogP contribution < -0.4 is 14.8 Å². The molecule has 0 aliphatic carbocycles. The van der Waals surface area contributed by atoms with Crippen LogP contribution in [0.1, 0.15) is 5.56 Å². The molecule has 24 heavy (non-hydrogen) atoms. The lowest BCUT2D eigenvalue weighted by molar-refractivity contribution is -0.117. The number of hydrogen-bond acceptors (Lipinski definition) is 4.